The molecule has 2 unspecified atom stereocenters. The Bertz CT molecular complexity index is 569. The van der Waals surface area contributed by atoms with Crippen molar-refractivity contribution in [1.82, 2.24) is 4.90 Å². The summed E-state index contributed by atoms with van der Waals surface area (Å²) in [5, 5.41) is 9.40. The number of fused-ring (bicyclic) bond motifs is 1. The molecule has 0 spiro atoms. The topological polar surface area (TPSA) is 59.0 Å². The van der Waals surface area contributed by atoms with Crippen molar-refractivity contribution in [3.63, 3.8) is 0 Å². The molecule has 5 heteroatoms. The Labute approximate surface area is 123 Å². The predicted octanol–water partition coefficient (Wildman–Crippen LogP) is 1.66. The van der Waals surface area contributed by atoms with Crippen molar-refractivity contribution in [3.05, 3.63) is 29.8 Å². The van der Waals surface area contributed by atoms with E-state index in [0.717, 1.165) is 17.7 Å². The number of hydrogen-bond acceptors (Lipinski definition) is 4. The molecule has 0 aliphatic carbocycles. The summed E-state index contributed by atoms with van der Waals surface area (Å²) in [6.45, 7) is 3.03. The van der Waals surface area contributed by atoms with Gasteiger partial charge in [-0.25, -0.2) is 0 Å². The third kappa shape index (κ3) is 2.74. The highest BCUT2D eigenvalue weighted by Gasteiger charge is 2.32. The first-order valence-corrected chi connectivity index (χ1v) is 7.18. The maximum atomic E-state index is 12.2. The normalized spacial score (nSPS) is 24.0. The Morgan fingerprint density at radius 2 is 2.24 bits per heavy atom. The molecule has 2 aliphatic heterocycles. The van der Waals surface area contributed by atoms with Crippen LogP contribution in [-0.2, 0) is 4.79 Å². The molecule has 0 radical (unpaired) electrons. The lowest BCUT2D eigenvalue weighted by atomic mass is 10.0. The van der Waals surface area contributed by atoms with E-state index >= 15 is 0 Å². The van der Waals surface area contributed by atoms with Gasteiger partial charge in [-0.05, 0) is 36.1 Å². The Kier molecular flexibility index (Phi) is 3.84. The van der Waals surface area contributed by atoms with Gasteiger partial charge in [0.05, 0.1) is 12.6 Å². The molecule has 1 N–H and O–H groups in total. The first-order chi connectivity index (χ1) is 10.2. The highest BCUT2D eigenvalue weighted by Crippen LogP contribution is 2.32. The minimum Gasteiger partial charge on any atom is -0.454 e. The van der Waals surface area contributed by atoms with Crippen LogP contribution in [-0.4, -0.2) is 41.9 Å². The number of carbonyl (C=O) groups excluding carboxylic acids is 1. The monoisotopic (exact) mass is 289 g/mol. The summed E-state index contributed by atoms with van der Waals surface area (Å²) in [6, 6.07) is 5.50. The van der Waals surface area contributed by atoms with E-state index in [0.29, 0.717) is 18.2 Å². The standard InChI is InChI=1S/C16H19NO4/c1-11-6-7-17(13(11)9-18)16(19)5-3-12-2-4-14-15(8-12)21-10-20-14/h2-5,8,11,13,18H,6-7,9-10H2,1H3/b5-3+. The largest absolute Gasteiger partial charge is 0.454 e. The summed E-state index contributed by atoms with van der Waals surface area (Å²) in [4.78, 5) is 14.0. The highest BCUT2D eigenvalue weighted by molar-refractivity contribution is 5.92. The maximum absolute atomic E-state index is 12.2. The summed E-state index contributed by atoms with van der Waals surface area (Å²) in [7, 11) is 0. The molecule has 1 amide bonds. The fraction of sp³-hybridized carbons (Fsp3) is 0.438. The number of ether oxygens (including phenoxy) is 2. The molecule has 5 nitrogen and oxygen atoms in total. The van der Waals surface area contributed by atoms with Gasteiger partial charge in [0.1, 0.15) is 0 Å². The maximum Gasteiger partial charge on any atom is 0.246 e. The molecule has 2 aliphatic rings. The summed E-state index contributed by atoms with van der Waals surface area (Å²) < 4.78 is 10.6. The molecular formula is C16H19NO4. The van der Waals surface area contributed by atoms with E-state index in [1.807, 2.05) is 18.2 Å². The van der Waals surface area contributed by atoms with Crippen molar-refractivity contribution in [2.75, 3.05) is 19.9 Å². The van der Waals surface area contributed by atoms with E-state index in [9.17, 15) is 9.90 Å². The second kappa shape index (κ2) is 5.77. The zero-order valence-corrected chi connectivity index (χ0v) is 12.0. The zero-order chi connectivity index (χ0) is 14.8. The van der Waals surface area contributed by atoms with Gasteiger partial charge in [-0.1, -0.05) is 13.0 Å². The van der Waals surface area contributed by atoms with E-state index in [1.54, 1.807) is 17.1 Å². The summed E-state index contributed by atoms with van der Waals surface area (Å²) >= 11 is 0. The fourth-order valence-electron chi connectivity index (χ4n) is 2.84. The first-order valence-electron chi connectivity index (χ1n) is 7.18. The molecule has 2 heterocycles. The van der Waals surface area contributed by atoms with Crippen LogP contribution in [0.2, 0.25) is 0 Å². The molecule has 0 bridgehead atoms. The molecular weight excluding hydrogens is 270 g/mol. The van der Waals surface area contributed by atoms with Crippen LogP contribution in [0.15, 0.2) is 24.3 Å². The predicted molar refractivity (Wildman–Crippen MR) is 78.0 cm³/mol. The first kappa shape index (κ1) is 13.9. The molecule has 1 fully saturated rings. The summed E-state index contributed by atoms with van der Waals surface area (Å²) in [5.41, 5.74) is 0.889. The van der Waals surface area contributed by atoms with Gasteiger partial charge < -0.3 is 19.5 Å². The van der Waals surface area contributed by atoms with Crippen molar-refractivity contribution in [2.24, 2.45) is 5.92 Å². The minimum atomic E-state index is -0.0705. The SMILES string of the molecule is CC1CCN(C(=O)/C=C/c2ccc3c(c2)OCO3)C1CO. The number of carbonyl (C=O) groups is 1. The molecule has 0 saturated carbocycles. The third-order valence-corrected chi connectivity index (χ3v) is 4.17. The van der Waals surface area contributed by atoms with Gasteiger partial charge in [0.2, 0.25) is 12.7 Å². The summed E-state index contributed by atoms with van der Waals surface area (Å²) in [5.74, 6) is 1.72. The van der Waals surface area contributed by atoms with Gasteiger partial charge in [-0.3, -0.25) is 4.79 Å². The highest BCUT2D eigenvalue weighted by atomic mass is 16.7. The Morgan fingerprint density at radius 3 is 3.05 bits per heavy atom. The average Bonchev–Trinajstić information content (AvgIpc) is 3.10. The molecule has 0 aromatic heterocycles. The van der Waals surface area contributed by atoms with Crippen molar-refractivity contribution >= 4 is 12.0 Å². The van der Waals surface area contributed by atoms with Crippen molar-refractivity contribution in [1.29, 1.82) is 0 Å². The quantitative estimate of drug-likeness (QED) is 0.860. The lowest BCUT2D eigenvalue weighted by molar-refractivity contribution is -0.127. The molecule has 3 rings (SSSR count). The van der Waals surface area contributed by atoms with Crippen LogP contribution in [0.4, 0.5) is 0 Å². The van der Waals surface area contributed by atoms with Crippen LogP contribution in [0.5, 0.6) is 11.5 Å². The van der Waals surface area contributed by atoms with Crippen LogP contribution < -0.4 is 9.47 Å². The number of benzene rings is 1. The zero-order valence-electron chi connectivity index (χ0n) is 12.0. The van der Waals surface area contributed by atoms with Crippen LogP contribution in [0.3, 0.4) is 0 Å². The summed E-state index contributed by atoms with van der Waals surface area (Å²) in [6.07, 6.45) is 4.26. The van der Waals surface area contributed by atoms with E-state index < -0.39 is 0 Å². The number of aliphatic hydroxyl groups excluding tert-OH is 1. The lowest BCUT2D eigenvalue weighted by Crippen LogP contribution is -2.38. The van der Waals surface area contributed by atoms with Crippen LogP contribution >= 0.6 is 0 Å². The Morgan fingerprint density at radius 1 is 1.43 bits per heavy atom. The Hall–Kier alpha value is -2.01. The van der Waals surface area contributed by atoms with Crippen LogP contribution in [0.1, 0.15) is 18.9 Å². The van der Waals surface area contributed by atoms with Gasteiger partial charge in [-0.2, -0.15) is 0 Å². The Balaban J connectivity index is 1.69. The van der Waals surface area contributed by atoms with Gasteiger partial charge >= 0.3 is 0 Å². The van der Waals surface area contributed by atoms with Crippen LogP contribution in [0, 0.1) is 5.92 Å². The smallest absolute Gasteiger partial charge is 0.246 e. The van der Waals surface area contributed by atoms with Crippen molar-refractivity contribution in [3.8, 4) is 11.5 Å². The number of likely N-dealkylation sites (tertiary alicyclic amines) is 1. The second-order valence-electron chi connectivity index (χ2n) is 5.49. The van der Waals surface area contributed by atoms with E-state index in [1.165, 1.54) is 0 Å². The minimum absolute atomic E-state index is 0.0186. The average molecular weight is 289 g/mol. The van der Waals surface area contributed by atoms with Crippen molar-refractivity contribution in [2.45, 2.75) is 19.4 Å². The molecule has 2 atom stereocenters. The van der Waals surface area contributed by atoms with Gasteiger partial charge in [-0.15, -0.1) is 0 Å². The number of hydrogen-bond donors (Lipinski definition) is 1. The third-order valence-electron chi connectivity index (χ3n) is 4.17. The molecule has 1 aromatic rings. The fourth-order valence-corrected chi connectivity index (χ4v) is 2.84. The molecule has 112 valence electrons. The lowest BCUT2D eigenvalue weighted by Gasteiger charge is -2.23. The van der Waals surface area contributed by atoms with Gasteiger partial charge in [0.25, 0.3) is 0 Å². The number of rotatable bonds is 3. The number of aliphatic hydroxyl groups is 1. The molecule has 1 saturated heterocycles. The van der Waals surface area contributed by atoms with E-state index in [-0.39, 0.29) is 25.3 Å². The number of amides is 1. The van der Waals surface area contributed by atoms with Crippen LogP contribution in [0.25, 0.3) is 6.08 Å². The van der Waals surface area contributed by atoms with Crippen molar-refractivity contribution < 1.29 is 19.4 Å². The number of nitrogens with zero attached hydrogens (tertiary/aromatic N) is 1. The second-order valence-corrected chi connectivity index (χ2v) is 5.49. The van der Waals surface area contributed by atoms with Gasteiger partial charge in [0.15, 0.2) is 11.5 Å². The van der Waals surface area contributed by atoms with Gasteiger partial charge in [0, 0.05) is 12.6 Å². The van der Waals surface area contributed by atoms with E-state index in [4.69, 9.17) is 9.47 Å². The molecule has 21 heavy (non-hydrogen) atoms. The van der Waals surface area contributed by atoms with E-state index in [2.05, 4.69) is 6.92 Å². The molecule has 1 aromatic carbocycles.